The smallest absolute Gasteiger partial charge is 0.297 e. The number of hydrogen-bond acceptors (Lipinski definition) is 4. The average Bonchev–Trinajstić information content (AvgIpc) is 3.00. The molecule has 1 aliphatic heterocycles. The summed E-state index contributed by atoms with van der Waals surface area (Å²) in [5, 5.41) is 0. The lowest BCUT2D eigenvalue weighted by Gasteiger charge is -2.10. The van der Waals surface area contributed by atoms with Crippen LogP contribution in [0.15, 0.2) is 29.2 Å². The van der Waals surface area contributed by atoms with E-state index in [0.717, 1.165) is 5.56 Å². The molecule has 1 aromatic carbocycles. The molecule has 1 saturated heterocycles. The maximum atomic E-state index is 11.8. The molecule has 0 amide bonds. The van der Waals surface area contributed by atoms with Crippen molar-refractivity contribution in [2.24, 2.45) is 0 Å². The highest BCUT2D eigenvalue weighted by molar-refractivity contribution is 7.86. The van der Waals surface area contributed by atoms with Gasteiger partial charge in [0, 0.05) is 0 Å². The summed E-state index contributed by atoms with van der Waals surface area (Å²) in [4.78, 5) is 0.186. The molecule has 0 N–H and O–H groups in total. The van der Waals surface area contributed by atoms with Crippen molar-refractivity contribution in [1.29, 1.82) is 0 Å². The van der Waals surface area contributed by atoms with Gasteiger partial charge in [0.25, 0.3) is 10.1 Å². The van der Waals surface area contributed by atoms with Crippen LogP contribution < -0.4 is 0 Å². The van der Waals surface area contributed by atoms with Gasteiger partial charge in [-0.1, -0.05) is 17.7 Å². The minimum absolute atomic E-state index is 0.0831. The van der Waals surface area contributed by atoms with Crippen LogP contribution in [0.2, 0.25) is 0 Å². The maximum Gasteiger partial charge on any atom is 0.297 e. The molecule has 4 nitrogen and oxygen atoms in total. The van der Waals surface area contributed by atoms with Crippen LogP contribution in [0.1, 0.15) is 12.5 Å². The minimum atomic E-state index is -3.66. The van der Waals surface area contributed by atoms with Gasteiger partial charge >= 0.3 is 0 Å². The third-order valence-corrected chi connectivity index (χ3v) is 3.88. The third kappa shape index (κ3) is 2.61. The van der Waals surface area contributed by atoms with E-state index in [-0.39, 0.29) is 11.0 Å². The van der Waals surface area contributed by atoms with Gasteiger partial charge in [0.1, 0.15) is 12.2 Å². The molecule has 1 aliphatic rings. The van der Waals surface area contributed by atoms with Gasteiger partial charge in [-0.15, -0.1) is 0 Å². The molecule has 1 fully saturated rings. The number of benzene rings is 1. The van der Waals surface area contributed by atoms with Gasteiger partial charge in [0.05, 0.1) is 11.5 Å². The van der Waals surface area contributed by atoms with E-state index in [2.05, 4.69) is 0 Å². The molecule has 2 rings (SSSR count). The Morgan fingerprint density at radius 1 is 1.38 bits per heavy atom. The average molecular weight is 242 g/mol. The summed E-state index contributed by atoms with van der Waals surface area (Å²) in [6.07, 6.45) is -0.508. The molecule has 88 valence electrons. The SMILES string of the molecule is Cc1ccc(S(=O)(=O)OC(C)C2CO2)cc1. The Bertz CT molecular complexity index is 459. The van der Waals surface area contributed by atoms with Crippen molar-refractivity contribution in [1.82, 2.24) is 0 Å². The number of hydrogen-bond donors (Lipinski definition) is 0. The van der Waals surface area contributed by atoms with E-state index >= 15 is 0 Å². The second-order valence-electron chi connectivity index (χ2n) is 3.94. The summed E-state index contributed by atoms with van der Waals surface area (Å²) in [6.45, 7) is 4.17. The van der Waals surface area contributed by atoms with E-state index in [1.807, 2.05) is 6.92 Å². The first-order valence-electron chi connectivity index (χ1n) is 5.10. The fraction of sp³-hybridized carbons (Fsp3) is 0.455. The molecule has 0 bridgehead atoms. The second kappa shape index (κ2) is 4.16. The molecule has 2 atom stereocenters. The zero-order valence-electron chi connectivity index (χ0n) is 9.21. The quantitative estimate of drug-likeness (QED) is 0.593. The largest absolute Gasteiger partial charge is 0.370 e. The van der Waals surface area contributed by atoms with E-state index in [9.17, 15) is 8.42 Å². The van der Waals surface area contributed by atoms with Gasteiger partial charge in [0.15, 0.2) is 0 Å². The molecule has 0 aromatic heterocycles. The van der Waals surface area contributed by atoms with E-state index in [1.54, 1.807) is 31.2 Å². The minimum Gasteiger partial charge on any atom is -0.370 e. The summed E-state index contributed by atoms with van der Waals surface area (Å²) in [5.41, 5.74) is 1.01. The molecule has 16 heavy (non-hydrogen) atoms. The van der Waals surface area contributed by atoms with E-state index in [4.69, 9.17) is 8.92 Å². The number of rotatable bonds is 4. The highest BCUT2D eigenvalue weighted by Crippen LogP contribution is 2.21. The standard InChI is InChI=1S/C11H14O4S/c1-8-3-5-10(6-4-8)16(12,13)15-9(2)11-7-14-11/h3-6,9,11H,7H2,1-2H3. The van der Waals surface area contributed by atoms with Crippen molar-refractivity contribution in [3.63, 3.8) is 0 Å². The molecule has 2 unspecified atom stereocenters. The predicted octanol–water partition coefficient (Wildman–Crippen LogP) is 1.49. The predicted molar refractivity (Wildman–Crippen MR) is 58.7 cm³/mol. The Hall–Kier alpha value is -0.910. The van der Waals surface area contributed by atoms with Crippen molar-refractivity contribution in [3.8, 4) is 0 Å². The Kier molecular flexibility index (Phi) is 3.01. The van der Waals surface area contributed by atoms with Crippen LogP contribution in [-0.2, 0) is 19.0 Å². The van der Waals surface area contributed by atoms with Gasteiger partial charge in [-0.3, -0.25) is 4.18 Å². The van der Waals surface area contributed by atoms with Crippen LogP contribution in [0.25, 0.3) is 0 Å². The van der Waals surface area contributed by atoms with Crippen molar-refractivity contribution in [2.75, 3.05) is 6.61 Å². The molecule has 0 aliphatic carbocycles. The molecular formula is C11H14O4S. The first kappa shape index (κ1) is 11.6. The Morgan fingerprint density at radius 3 is 2.44 bits per heavy atom. The normalized spacial score (nSPS) is 21.8. The van der Waals surface area contributed by atoms with Crippen LogP contribution in [-0.4, -0.2) is 27.2 Å². The molecular weight excluding hydrogens is 228 g/mol. The molecule has 0 radical (unpaired) electrons. The monoisotopic (exact) mass is 242 g/mol. The topological polar surface area (TPSA) is 55.9 Å². The Balaban J connectivity index is 2.14. The first-order valence-corrected chi connectivity index (χ1v) is 6.51. The molecule has 1 aromatic rings. The zero-order chi connectivity index (χ0) is 11.8. The van der Waals surface area contributed by atoms with Crippen LogP contribution >= 0.6 is 0 Å². The van der Waals surface area contributed by atoms with Crippen molar-refractivity contribution >= 4 is 10.1 Å². The first-order chi connectivity index (χ1) is 7.49. The lowest BCUT2D eigenvalue weighted by Crippen LogP contribution is -2.20. The van der Waals surface area contributed by atoms with Crippen molar-refractivity contribution in [3.05, 3.63) is 29.8 Å². The summed E-state index contributed by atoms with van der Waals surface area (Å²) < 4.78 is 33.6. The van der Waals surface area contributed by atoms with Gasteiger partial charge in [-0.25, -0.2) is 0 Å². The lowest BCUT2D eigenvalue weighted by molar-refractivity contribution is 0.183. The van der Waals surface area contributed by atoms with Crippen molar-refractivity contribution < 1.29 is 17.3 Å². The number of epoxide rings is 1. The van der Waals surface area contributed by atoms with Gasteiger partial charge in [-0.05, 0) is 26.0 Å². The third-order valence-electron chi connectivity index (χ3n) is 2.47. The van der Waals surface area contributed by atoms with Crippen LogP contribution in [0, 0.1) is 6.92 Å². The highest BCUT2D eigenvalue weighted by atomic mass is 32.2. The van der Waals surface area contributed by atoms with Crippen LogP contribution in [0.5, 0.6) is 0 Å². The van der Waals surface area contributed by atoms with Crippen LogP contribution in [0.3, 0.4) is 0 Å². The molecule has 0 saturated carbocycles. The van der Waals surface area contributed by atoms with E-state index in [1.165, 1.54) is 0 Å². The fourth-order valence-electron chi connectivity index (χ4n) is 1.35. The molecule has 1 heterocycles. The van der Waals surface area contributed by atoms with Gasteiger partial charge in [0.2, 0.25) is 0 Å². The maximum absolute atomic E-state index is 11.8. The lowest BCUT2D eigenvalue weighted by atomic mass is 10.2. The van der Waals surface area contributed by atoms with Gasteiger partial charge in [-0.2, -0.15) is 8.42 Å². The summed E-state index contributed by atoms with van der Waals surface area (Å²) in [7, 11) is -3.66. The van der Waals surface area contributed by atoms with Crippen LogP contribution in [0.4, 0.5) is 0 Å². The van der Waals surface area contributed by atoms with Gasteiger partial charge < -0.3 is 4.74 Å². The second-order valence-corrected chi connectivity index (χ2v) is 5.51. The fourth-order valence-corrected chi connectivity index (χ4v) is 2.45. The number of ether oxygens (including phenoxy) is 1. The summed E-state index contributed by atoms with van der Waals surface area (Å²) in [5.74, 6) is 0. The Morgan fingerprint density at radius 2 is 1.94 bits per heavy atom. The molecule has 0 spiro atoms. The molecule has 5 heteroatoms. The van der Waals surface area contributed by atoms with E-state index < -0.39 is 16.2 Å². The van der Waals surface area contributed by atoms with E-state index in [0.29, 0.717) is 6.61 Å². The highest BCUT2D eigenvalue weighted by Gasteiger charge is 2.34. The summed E-state index contributed by atoms with van der Waals surface area (Å²) >= 11 is 0. The zero-order valence-corrected chi connectivity index (χ0v) is 10.0. The Labute approximate surface area is 95.3 Å². The summed E-state index contributed by atoms with van der Waals surface area (Å²) in [6, 6.07) is 6.58. The van der Waals surface area contributed by atoms with Crippen molar-refractivity contribution in [2.45, 2.75) is 31.0 Å². The number of aryl methyl sites for hydroxylation is 1.